The van der Waals surface area contributed by atoms with Gasteiger partial charge < -0.3 is 45.1 Å². The van der Waals surface area contributed by atoms with E-state index in [-0.39, 0.29) is 18.5 Å². The second kappa shape index (κ2) is 61.0. The van der Waals surface area contributed by atoms with Crippen LogP contribution in [0.1, 0.15) is 322 Å². The van der Waals surface area contributed by atoms with Crippen LogP contribution >= 0.6 is 0 Å². The van der Waals surface area contributed by atoms with E-state index in [1.54, 1.807) is 6.08 Å². The lowest BCUT2D eigenvalue weighted by molar-refractivity contribution is -0.302. The number of unbranched alkanes of at least 4 members (excludes halogenated alkanes) is 39. The minimum atomic E-state index is -1.58. The highest BCUT2D eigenvalue weighted by Gasteiger charge is 2.44. The van der Waals surface area contributed by atoms with Gasteiger partial charge in [-0.05, 0) is 103 Å². The molecule has 1 rings (SSSR count). The number of esters is 1. The first-order chi connectivity index (χ1) is 40.7. The zero-order chi connectivity index (χ0) is 60.2. The van der Waals surface area contributed by atoms with E-state index in [1.807, 2.05) is 6.08 Å². The predicted molar refractivity (Wildman–Crippen MR) is 347 cm³/mol. The largest absolute Gasteiger partial charge is 0.466 e. The van der Waals surface area contributed by atoms with E-state index in [0.717, 1.165) is 64.2 Å². The summed E-state index contributed by atoms with van der Waals surface area (Å²) in [6.07, 6.45) is 70.9. The van der Waals surface area contributed by atoms with Gasteiger partial charge in [-0.2, -0.15) is 0 Å². The van der Waals surface area contributed by atoms with E-state index in [0.29, 0.717) is 19.4 Å². The van der Waals surface area contributed by atoms with Crippen LogP contribution in [0.4, 0.5) is 0 Å². The van der Waals surface area contributed by atoms with Crippen LogP contribution in [-0.4, -0.2) is 100 Å². The number of carbonyl (C=O) groups excluding carboxylic acids is 2. The van der Waals surface area contributed by atoms with Crippen LogP contribution in [-0.2, 0) is 23.8 Å². The van der Waals surface area contributed by atoms with Gasteiger partial charge in [0.15, 0.2) is 6.29 Å². The van der Waals surface area contributed by atoms with Gasteiger partial charge in [0.25, 0.3) is 0 Å². The lowest BCUT2D eigenvalue weighted by Crippen LogP contribution is -2.60. The van der Waals surface area contributed by atoms with Gasteiger partial charge in [0, 0.05) is 12.8 Å². The van der Waals surface area contributed by atoms with Crippen LogP contribution in [0.3, 0.4) is 0 Å². The number of hydrogen-bond donors (Lipinski definition) is 6. The Morgan fingerprint density at radius 3 is 1.29 bits per heavy atom. The Labute approximate surface area is 509 Å². The molecule has 0 radical (unpaired) electrons. The number of aliphatic hydroxyl groups excluding tert-OH is 5. The molecule has 0 aliphatic carbocycles. The van der Waals surface area contributed by atoms with E-state index in [1.165, 1.54) is 231 Å². The van der Waals surface area contributed by atoms with E-state index in [2.05, 4.69) is 67.8 Å². The Morgan fingerprint density at radius 1 is 0.446 bits per heavy atom. The monoisotopic (exact) mass is 1170 g/mol. The van der Waals surface area contributed by atoms with Crippen LogP contribution in [0, 0.1) is 0 Å². The third-order valence-corrected chi connectivity index (χ3v) is 16.3. The molecular weight excluding hydrogens is 1040 g/mol. The van der Waals surface area contributed by atoms with Crippen LogP contribution in [0.2, 0.25) is 0 Å². The van der Waals surface area contributed by atoms with Gasteiger partial charge in [-0.1, -0.05) is 267 Å². The van der Waals surface area contributed by atoms with Gasteiger partial charge >= 0.3 is 5.97 Å². The fourth-order valence-electron chi connectivity index (χ4n) is 10.8. The molecule has 0 aromatic carbocycles. The molecular formula is C72H131NO10. The van der Waals surface area contributed by atoms with Gasteiger partial charge in [-0.3, -0.25) is 9.59 Å². The van der Waals surface area contributed by atoms with Crippen molar-refractivity contribution in [3.63, 3.8) is 0 Å². The molecule has 7 atom stereocenters. The summed E-state index contributed by atoms with van der Waals surface area (Å²) in [5.41, 5.74) is 0. The van der Waals surface area contributed by atoms with Gasteiger partial charge in [0.1, 0.15) is 24.4 Å². The molecule has 1 aliphatic heterocycles. The molecule has 7 unspecified atom stereocenters. The molecule has 6 N–H and O–H groups in total. The molecule has 0 spiro atoms. The summed E-state index contributed by atoms with van der Waals surface area (Å²) in [5, 5.41) is 54.2. The lowest BCUT2D eigenvalue weighted by atomic mass is 9.99. The summed E-state index contributed by atoms with van der Waals surface area (Å²) in [4.78, 5) is 25.1. The van der Waals surface area contributed by atoms with Gasteiger partial charge in [-0.25, -0.2) is 0 Å². The first-order valence-corrected chi connectivity index (χ1v) is 35.1. The summed E-state index contributed by atoms with van der Waals surface area (Å²) in [5.74, 6) is -0.196. The summed E-state index contributed by atoms with van der Waals surface area (Å²) in [6, 6.07) is -0.828. The van der Waals surface area contributed by atoms with Crippen molar-refractivity contribution in [1.82, 2.24) is 5.32 Å². The molecule has 11 heteroatoms. The van der Waals surface area contributed by atoms with Crippen LogP contribution < -0.4 is 5.32 Å². The maximum absolute atomic E-state index is 13.0. The highest BCUT2D eigenvalue weighted by atomic mass is 16.7. The molecule has 11 nitrogen and oxygen atoms in total. The molecule has 1 amide bonds. The van der Waals surface area contributed by atoms with Crippen molar-refractivity contribution in [1.29, 1.82) is 0 Å². The minimum Gasteiger partial charge on any atom is -0.466 e. The number of nitrogens with one attached hydrogen (secondary N) is 1. The molecule has 1 fully saturated rings. The minimum absolute atomic E-state index is 0.000573. The topological polar surface area (TPSA) is 175 Å². The summed E-state index contributed by atoms with van der Waals surface area (Å²) >= 11 is 0. The van der Waals surface area contributed by atoms with Crippen molar-refractivity contribution in [3.05, 3.63) is 60.8 Å². The fraction of sp³-hybridized carbons (Fsp3) is 0.833. The number of amides is 1. The zero-order valence-electron chi connectivity index (χ0n) is 53.7. The second-order valence-corrected chi connectivity index (χ2v) is 24.2. The standard InChI is InChI=1S/C72H131NO10/c1-3-5-7-9-11-13-14-15-16-30-34-37-40-44-48-52-56-60-68(77)81-61-57-53-49-45-41-38-35-32-29-27-25-23-21-19-17-18-20-22-24-26-28-31-33-36-39-43-47-51-55-59-67(76)73-64(65(75)58-54-50-46-42-12-10-8-6-4-2)63-82-72-71(80)70(79)69(78)66(62-74)83-72/h12,15-17,19,23,25,42,54,58,64-66,69-72,74-75,78-80H,3-11,13-14,18,20-22,24,26-41,43-53,55-57,59-63H2,1-2H3,(H,73,76)/b16-15-,19-17-,25-23-,42-12+,58-54+. The highest BCUT2D eigenvalue weighted by Crippen LogP contribution is 2.23. The number of ether oxygens (including phenoxy) is 3. The van der Waals surface area contributed by atoms with Crippen molar-refractivity contribution < 1.29 is 49.3 Å². The molecule has 83 heavy (non-hydrogen) atoms. The van der Waals surface area contributed by atoms with Gasteiger partial charge in [0.05, 0.1) is 32.0 Å². The van der Waals surface area contributed by atoms with E-state index < -0.39 is 49.5 Å². The summed E-state index contributed by atoms with van der Waals surface area (Å²) in [6.45, 7) is 4.28. The Balaban J connectivity index is 1.93. The van der Waals surface area contributed by atoms with Crippen LogP contribution in [0.15, 0.2) is 60.8 Å². The molecule has 484 valence electrons. The third kappa shape index (κ3) is 50.1. The number of carbonyl (C=O) groups is 2. The lowest BCUT2D eigenvalue weighted by Gasteiger charge is -2.40. The van der Waals surface area contributed by atoms with Gasteiger partial charge in [-0.15, -0.1) is 0 Å². The van der Waals surface area contributed by atoms with E-state index >= 15 is 0 Å². The second-order valence-electron chi connectivity index (χ2n) is 24.2. The number of aliphatic hydroxyl groups is 5. The maximum Gasteiger partial charge on any atom is 0.305 e. The Kier molecular flexibility index (Phi) is 57.6. The Bertz CT molecular complexity index is 1560. The van der Waals surface area contributed by atoms with E-state index in [9.17, 15) is 35.1 Å². The Hall–Kier alpha value is -2.64. The first kappa shape index (κ1) is 78.4. The molecule has 0 aromatic rings. The Morgan fingerprint density at radius 2 is 0.819 bits per heavy atom. The maximum atomic E-state index is 13.0. The number of rotatable bonds is 61. The van der Waals surface area contributed by atoms with Crippen molar-refractivity contribution in [2.75, 3.05) is 19.8 Å². The first-order valence-electron chi connectivity index (χ1n) is 35.1. The molecule has 0 saturated carbocycles. The molecule has 1 saturated heterocycles. The average Bonchev–Trinajstić information content (AvgIpc) is 3.65. The molecule has 0 aromatic heterocycles. The molecule has 0 bridgehead atoms. The van der Waals surface area contributed by atoms with Crippen molar-refractivity contribution >= 4 is 11.9 Å². The van der Waals surface area contributed by atoms with Crippen molar-refractivity contribution in [2.45, 2.75) is 365 Å². The number of hydrogen-bond acceptors (Lipinski definition) is 10. The normalized spacial score (nSPS) is 18.5. The molecule has 1 aliphatic rings. The average molecular weight is 1170 g/mol. The van der Waals surface area contributed by atoms with Crippen molar-refractivity contribution in [3.8, 4) is 0 Å². The van der Waals surface area contributed by atoms with Gasteiger partial charge in [0.2, 0.25) is 5.91 Å². The van der Waals surface area contributed by atoms with Crippen LogP contribution in [0.5, 0.6) is 0 Å². The molecule has 1 heterocycles. The van der Waals surface area contributed by atoms with Crippen molar-refractivity contribution in [2.24, 2.45) is 0 Å². The highest BCUT2D eigenvalue weighted by molar-refractivity contribution is 5.76. The predicted octanol–water partition coefficient (Wildman–Crippen LogP) is 17.7. The smallest absolute Gasteiger partial charge is 0.305 e. The van der Waals surface area contributed by atoms with E-state index in [4.69, 9.17) is 14.2 Å². The SMILES string of the molecule is CCCCC/C=C/CC/C=C/C(O)C(COC1OC(CO)C(O)C(O)C1O)NC(=O)CCCCCCCCCCCCCCC/C=C\C/C=C\CCCCCCCCCCCOC(=O)CCCCCCCCC/C=C\CCCCCCCC. The fourth-order valence-corrected chi connectivity index (χ4v) is 10.8. The zero-order valence-corrected chi connectivity index (χ0v) is 53.7. The quantitative estimate of drug-likeness (QED) is 0.0195. The summed E-state index contributed by atoms with van der Waals surface area (Å²) in [7, 11) is 0. The third-order valence-electron chi connectivity index (χ3n) is 16.3. The number of allylic oxidation sites excluding steroid dienone is 9. The summed E-state index contributed by atoms with van der Waals surface area (Å²) < 4.78 is 16.7. The van der Waals surface area contributed by atoms with Crippen LogP contribution in [0.25, 0.3) is 0 Å².